The minimum atomic E-state index is -0.0558. The van der Waals surface area contributed by atoms with Crippen LogP contribution in [0.3, 0.4) is 0 Å². The van der Waals surface area contributed by atoms with E-state index in [1.165, 1.54) is 12.8 Å². The number of aromatic nitrogens is 2. The third-order valence-electron chi connectivity index (χ3n) is 3.09. The number of H-pyrrole nitrogens is 1. The molecule has 0 radical (unpaired) electrons. The van der Waals surface area contributed by atoms with Gasteiger partial charge in [-0.15, -0.1) is 0 Å². The number of nitrogens with one attached hydrogen (secondary N) is 2. The molecule has 2 rings (SSSR count). The van der Waals surface area contributed by atoms with Crippen LogP contribution >= 0.6 is 11.8 Å². The van der Waals surface area contributed by atoms with E-state index in [4.69, 9.17) is 4.74 Å². The molecule has 0 spiro atoms. The Hall–Kier alpha value is -0.850. The average Bonchev–Trinajstić information content (AvgIpc) is 2.44. The van der Waals surface area contributed by atoms with Gasteiger partial charge < -0.3 is 15.0 Å². The molecule has 0 aromatic carbocycles. The molecule has 0 amide bonds. The lowest BCUT2D eigenvalue weighted by atomic mass is 10.2. The van der Waals surface area contributed by atoms with Gasteiger partial charge in [0.05, 0.1) is 17.6 Å². The molecule has 1 aliphatic rings. The van der Waals surface area contributed by atoms with E-state index in [0.29, 0.717) is 18.4 Å². The number of hydrogen-bond donors (Lipinski definition) is 2. The highest BCUT2D eigenvalue weighted by molar-refractivity contribution is 7.99. The van der Waals surface area contributed by atoms with Crippen LogP contribution in [0.1, 0.15) is 36.0 Å². The lowest BCUT2D eigenvalue weighted by Crippen LogP contribution is -2.22. The van der Waals surface area contributed by atoms with Gasteiger partial charge in [0.1, 0.15) is 5.82 Å². The molecule has 6 heteroatoms. The average molecular weight is 283 g/mol. The summed E-state index contributed by atoms with van der Waals surface area (Å²) in [5.74, 6) is 1.99. The summed E-state index contributed by atoms with van der Waals surface area (Å²) in [6.07, 6.45) is 3.59. The van der Waals surface area contributed by atoms with Crippen LogP contribution in [-0.2, 0) is 11.3 Å². The first-order valence-electron chi connectivity index (χ1n) is 6.71. The molecule has 1 unspecified atom stereocenters. The molecule has 1 saturated heterocycles. The fourth-order valence-corrected chi connectivity index (χ4v) is 3.38. The molecule has 19 heavy (non-hydrogen) atoms. The molecular formula is C13H21N3O2S. The van der Waals surface area contributed by atoms with Crippen LogP contribution in [0.2, 0.25) is 0 Å². The van der Waals surface area contributed by atoms with Gasteiger partial charge in [0, 0.05) is 26.3 Å². The minimum Gasteiger partial charge on any atom is -0.383 e. The van der Waals surface area contributed by atoms with E-state index >= 15 is 0 Å². The number of rotatable bonds is 6. The van der Waals surface area contributed by atoms with Crippen molar-refractivity contribution in [3.8, 4) is 0 Å². The third-order valence-corrected chi connectivity index (χ3v) is 4.47. The Kier molecular flexibility index (Phi) is 5.88. The summed E-state index contributed by atoms with van der Waals surface area (Å²) in [4.78, 5) is 19.1. The summed E-state index contributed by atoms with van der Waals surface area (Å²) in [6, 6.07) is 1.57. The first-order valence-corrected chi connectivity index (χ1v) is 7.76. The van der Waals surface area contributed by atoms with Crippen molar-refractivity contribution in [1.82, 2.24) is 15.3 Å². The number of methoxy groups -OCH3 is 1. The fourth-order valence-electron chi connectivity index (χ4n) is 2.12. The zero-order valence-electron chi connectivity index (χ0n) is 11.3. The van der Waals surface area contributed by atoms with Crippen molar-refractivity contribution in [2.45, 2.75) is 31.1 Å². The van der Waals surface area contributed by atoms with Gasteiger partial charge in [-0.05, 0) is 18.6 Å². The van der Waals surface area contributed by atoms with Crippen molar-refractivity contribution >= 4 is 11.8 Å². The van der Waals surface area contributed by atoms with E-state index in [1.807, 2.05) is 11.8 Å². The highest BCUT2D eigenvalue weighted by atomic mass is 32.2. The van der Waals surface area contributed by atoms with Gasteiger partial charge in [-0.1, -0.05) is 6.42 Å². The number of hydrogen-bond acceptors (Lipinski definition) is 5. The Balaban J connectivity index is 1.99. The molecule has 0 bridgehead atoms. The molecule has 0 aliphatic carbocycles. The van der Waals surface area contributed by atoms with Crippen LogP contribution in [0.4, 0.5) is 0 Å². The lowest BCUT2D eigenvalue weighted by molar-refractivity contribution is 0.199. The van der Waals surface area contributed by atoms with Gasteiger partial charge in [0.15, 0.2) is 0 Å². The summed E-state index contributed by atoms with van der Waals surface area (Å²) in [6.45, 7) is 2.03. The quantitative estimate of drug-likeness (QED) is 0.774. The smallest absolute Gasteiger partial charge is 0.251 e. The number of nitrogens with zero attached hydrogens (tertiary/aromatic N) is 1. The third kappa shape index (κ3) is 4.63. The monoisotopic (exact) mass is 283 g/mol. The van der Waals surface area contributed by atoms with Gasteiger partial charge in [-0.2, -0.15) is 11.8 Å². The van der Waals surface area contributed by atoms with Crippen molar-refractivity contribution in [2.75, 3.05) is 26.0 Å². The second-order valence-electron chi connectivity index (χ2n) is 4.65. The molecule has 2 N–H and O–H groups in total. The summed E-state index contributed by atoms with van der Waals surface area (Å²) in [7, 11) is 1.67. The molecule has 1 fully saturated rings. The van der Waals surface area contributed by atoms with Gasteiger partial charge in [0.25, 0.3) is 5.56 Å². The van der Waals surface area contributed by atoms with E-state index in [0.717, 1.165) is 30.2 Å². The van der Waals surface area contributed by atoms with E-state index in [1.54, 1.807) is 13.2 Å². The lowest BCUT2D eigenvalue weighted by Gasteiger charge is -2.20. The SMILES string of the molecule is COCCNCc1cc(=O)[nH]c(C2CCCCS2)n1. The molecule has 1 aromatic heterocycles. The Labute approximate surface area is 117 Å². The standard InChI is InChI=1S/C13H21N3O2S/c1-18-6-5-14-9-10-8-12(17)16-13(15-10)11-4-2-3-7-19-11/h8,11,14H,2-7,9H2,1H3,(H,15,16,17). The Morgan fingerprint density at radius 1 is 1.58 bits per heavy atom. The van der Waals surface area contributed by atoms with E-state index in [-0.39, 0.29) is 5.56 Å². The second kappa shape index (κ2) is 7.67. The summed E-state index contributed by atoms with van der Waals surface area (Å²) in [5, 5.41) is 3.56. The molecule has 2 heterocycles. The highest BCUT2D eigenvalue weighted by Crippen LogP contribution is 2.36. The Morgan fingerprint density at radius 3 is 3.21 bits per heavy atom. The zero-order chi connectivity index (χ0) is 13.5. The number of aromatic amines is 1. The van der Waals surface area contributed by atoms with Crippen molar-refractivity contribution < 1.29 is 4.74 Å². The molecule has 106 valence electrons. The van der Waals surface area contributed by atoms with Crippen LogP contribution in [0.5, 0.6) is 0 Å². The largest absolute Gasteiger partial charge is 0.383 e. The van der Waals surface area contributed by atoms with E-state index in [9.17, 15) is 4.79 Å². The van der Waals surface area contributed by atoms with Crippen LogP contribution < -0.4 is 10.9 Å². The van der Waals surface area contributed by atoms with Crippen LogP contribution in [0, 0.1) is 0 Å². The summed E-state index contributed by atoms with van der Waals surface area (Å²) >= 11 is 1.89. The summed E-state index contributed by atoms with van der Waals surface area (Å²) < 4.78 is 4.97. The molecule has 1 aromatic rings. The first-order chi connectivity index (χ1) is 9.29. The van der Waals surface area contributed by atoms with Gasteiger partial charge in [0.2, 0.25) is 0 Å². The topological polar surface area (TPSA) is 67.0 Å². The van der Waals surface area contributed by atoms with Crippen molar-refractivity contribution in [3.05, 3.63) is 27.9 Å². The van der Waals surface area contributed by atoms with Crippen LogP contribution in [-0.4, -0.2) is 36.0 Å². The maximum absolute atomic E-state index is 11.7. The number of thioether (sulfide) groups is 1. The van der Waals surface area contributed by atoms with Gasteiger partial charge in [-0.3, -0.25) is 4.79 Å². The molecule has 0 saturated carbocycles. The second-order valence-corrected chi connectivity index (χ2v) is 5.96. The zero-order valence-corrected chi connectivity index (χ0v) is 12.1. The molecule has 1 atom stereocenters. The van der Waals surface area contributed by atoms with Gasteiger partial charge >= 0.3 is 0 Å². The van der Waals surface area contributed by atoms with Crippen molar-refractivity contribution in [3.63, 3.8) is 0 Å². The molecular weight excluding hydrogens is 262 g/mol. The van der Waals surface area contributed by atoms with Crippen LogP contribution in [0.25, 0.3) is 0 Å². The van der Waals surface area contributed by atoms with E-state index < -0.39 is 0 Å². The molecule has 5 nitrogen and oxygen atoms in total. The maximum atomic E-state index is 11.7. The maximum Gasteiger partial charge on any atom is 0.251 e. The minimum absolute atomic E-state index is 0.0558. The fraction of sp³-hybridized carbons (Fsp3) is 0.692. The van der Waals surface area contributed by atoms with Crippen molar-refractivity contribution in [2.24, 2.45) is 0 Å². The first kappa shape index (κ1) is 14.6. The van der Waals surface area contributed by atoms with Crippen LogP contribution in [0.15, 0.2) is 10.9 Å². The number of ether oxygens (including phenoxy) is 1. The Bertz CT molecular complexity index is 444. The molecule has 1 aliphatic heterocycles. The predicted octanol–water partition coefficient (Wildman–Crippen LogP) is 1.46. The summed E-state index contributed by atoms with van der Waals surface area (Å²) in [5.41, 5.74) is 0.751. The van der Waals surface area contributed by atoms with Crippen molar-refractivity contribution in [1.29, 1.82) is 0 Å². The van der Waals surface area contributed by atoms with Gasteiger partial charge in [-0.25, -0.2) is 4.98 Å². The predicted molar refractivity (Wildman–Crippen MR) is 77.5 cm³/mol. The Morgan fingerprint density at radius 2 is 2.47 bits per heavy atom. The normalized spacial score (nSPS) is 19.5. The highest BCUT2D eigenvalue weighted by Gasteiger charge is 2.18. The van der Waals surface area contributed by atoms with E-state index in [2.05, 4.69) is 15.3 Å².